The molecule has 2 aromatic carbocycles. The summed E-state index contributed by atoms with van der Waals surface area (Å²) in [4.78, 5) is 23.9. The van der Waals surface area contributed by atoms with Gasteiger partial charge in [0.2, 0.25) is 5.91 Å². The standard InChI is InChI=1S/C18H16BrNO2/c1-12(21)13-5-7-16(8-6-13)20-17(22)18(9-10-18)14-3-2-4-15(19)11-14/h2-8,11H,9-10H2,1H3,(H,20,22). The second kappa shape index (κ2) is 5.69. The molecule has 22 heavy (non-hydrogen) atoms. The molecule has 0 aliphatic heterocycles. The maximum atomic E-state index is 12.6. The lowest BCUT2D eigenvalue weighted by Crippen LogP contribution is -2.27. The van der Waals surface area contributed by atoms with Crippen LogP contribution in [-0.4, -0.2) is 11.7 Å². The van der Waals surface area contributed by atoms with E-state index in [0.29, 0.717) is 5.56 Å². The number of nitrogens with one attached hydrogen (secondary N) is 1. The van der Waals surface area contributed by atoms with Crippen LogP contribution in [-0.2, 0) is 10.2 Å². The summed E-state index contributed by atoms with van der Waals surface area (Å²) in [7, 11) is 0. The van der Waals surface area contributed by atoms with Gasteiger partial charge in [-0.2, -0.15) is 0 Å². The molecule has 1 aliphatic carbocycles. The van der Waals surface area contributed by atoms with E-state index in [1.165, 1.54) is 6.92 Å². The lowest BCUT2D eigenvalue weighted by molar-refractivity contribution is -0.118. The van der Waals surface area contributed by atoms with Crippen molar-refractivity contribution in [3.05, 3.63) is 64.1 Å². The van der Waals surface area contributed by atoms with E-state index in [-0.39, 0.29) is 11.7 Å². The summed E-state index contributed by atoms with van der Waals surface area (Å²) in [5, 5.41) is 2.96. The SMILES string of the molecule is CC(=O)c1ccc(NC(=O)C2(c3cccc(Br)c3)CC2)cc1. The molecule has 0 saturated heterocycles. The van der Waals surface area contributed by atoms with Crippen LogP contribution >= 0.6 is 15.9 Å². The van der Waals surface area contributed by atoms with Crippen molar-refractivity contribution in [3.8, 4) is 0 Å². The highest BCUT2D eigenvalue weighted by atomic mass is 79.9. The summed E-state index contributed by atoms with van der Waals surface area (Å²) in [5.41, 5.74) is 1.99. The summed E-state index contributed by atoms with van der Waals surface area (Å²) in [6, 6.07) is 14.9. The normalized spacial score (nSPS) is 15.2. The maximum Gasteiger partial charge on any atom is 0.235 e. The number of hydrogen-bond donors (Lipinski definition) is 1. The van der Waals surface area contributed by atoms with Crippen molar-refractivity contribution in [2.75, 3.05) is 5.32 Å². The fraction of sp³-hybridized carbons (Fsp3) is 0.222. The Balaban J connectivity index is 1.78. The Bertz CT molecular complexity index is 733. The highest BCUT2D eigenvalue weighted by molar-refractivity contribution is 9.10. The van der Waals surface area contributed by atoms with E-state index in [1.54, 1.807) is 24.3 Å². The predicted molar refractivity (Wildman–Crippen MR) is 90.1 cm³/mol. The number of carbonyl (C=O) groups is 2. The van der Waals surface area contributed by atoms with Crippen LogP contribution in [0, 0.1) is 0 Å². The van der Waals surface area contributed by atoms with E-state index < -0.39 is 5.41 Å². The molecule has 1 aliphatic rings. The fourth-order valence-electron chi connectivity index (χ4n) is 2.60. The van der Waals surface area contributed by atoms with E-state index >= 15 is 0 Å². The van der Waals surface area contributed by atoms with Crippen molar-refractivity contribution in [2.24, 2.45) is 0 Å². The van der Waals surface area contributed by atoms with Crippen LogP contribution in [0.1, 0.15) is 35.7 Å². The smallest absolute Gasteiger partial charge is 0.235 e. The minimum atomic E-state index is -0.414. The van der Waals surface area contributed by atoms with Crippen LogP contribution in [0.3, 0.4) is 0 Å². The molecule has 1 N–H and O–H groups in total. The molecule has 0 radical (unpaired) electrons. The van der Waals surface area contributed by atoms with Crippen LogP contribution in [0.15, 0.2) is 53.0 Å². The molecule has 0 bridgehead atoms. The zero-order valence-corrected chi connectivity index (χ0v) is 13.8. The first kappa shape index (κ1) is 15.0. The summed E-state index contributed by atoms with van der Waals surface area (Å²) >= 11 is 3.46. The van der Waals surface area contributed by atoms with Gasteiger partial charge in [-0.1, -0.05) is 28.1 Å². The number of rotatable bonds is 4. The molecule has 3 nitrogen and oxygen atoms in total. The quantitative estimate of drug-likeness (QED) is 0.828. The third kappa shape index (κ3) is 2.83. The van der Waals surface area contributed by atoms with Crippen molar-refractivity contribution < 1.29 is 9.59 Å². The fourth-order valence-corrected chi connectivity index (χ4v) is 3.00. The van der Waals surface area contributed by atoms with Gasteiger partial charge in [-0.05, 0) is 61.7 Å². The molecular formula is C18H16BrNO2. The highest BCUT2D eigenvalue weighted by Crippen LogP contribution is 2.49. The van der Waals surface area contributed by atoms with Gasteiger partial charge in [-0.25, -0.2) is 0 Å². The van der Waals surface area contributed by atoms with Gasteiger partial charge in [0, 0.05) is 15.7 Å². The first-order valence-electron chi connectivity index (χ1n) is 7.20. The molecule has 3 rings (SSSR count). The average Bonchev–Trinajstić information content (AvgIpc) is 3.29. The van der Waals surface area contributed by atoms with E-state index in [4.69, 9.17) is 0 Å². The first-order chi connectivity index (χ1) is 10.5. The summed E-state index contributed by atoms with van der Waals surface area (Å²) < 4.78 is 0.981. The van der Waals surface area contributed by atoms with Crippen molar-refractivity contribution in [2.45, 2.75) is 25.2 Å². The Hall–Kier alpha value is -1.94. The lowest BCUT2D eigenvalue weighted by Gasteiger charge is -2.16. The van der Waals surface area contributed by atoms with Crippen LogP contribution in [0.5, 0.6) is 0 Å². The molecule has 1 fully saturated rings. The number of Topliss-reactive ketones (excluding diaryl/α,β-unsaturated/α-hetero) is 1. The van der Waals surface area contributed by atoms with Gasteiger partial charge < -0.3 is 5.32 Å². The number of ketones is 1. The Morgan fingerprint density at radius 2 is 1.77 bits per heavy atom. The number of carbonyl (C=O) groups excluding carboxylic acids is 2. The van der Waals surface area contributed by atoms with Gasteiger partial charge in [0.15, 0.2) is 5.78 Å². The van der Waals surface area contributed by atoms with Gasteiger partial charge in [0.1, 0.15) is 0 Å². The van der Waals surface area contributed by atoms with E-state index in [0.717, 1.165) is 28.6 Å². The van der Waals surface area contributed by atoms with Gasteiger partial charge in [0.05, 0.1) is 5.41 Å². The van der Waals surface area contributed by atoms with Crippen molar-refractivity contribution in [1.82, 2.24) is 0 Å². The summed E-state index contributed by atoms with van der Waals surface area (Å²) in [6.07, 6.45) is 1.72. The van der Waals surface area contributed by atoms with E-state index in [2.05, 4.69) is 21.2 Å². The third-order valence-electron chi connectivity index (χ3n) is 4.11. The number of hydrogen-bond acceptors (Lipinski definition) is 2. The number of halogens is 1. The zero-order chi connectivity index (χ0) is 15.7. The Kier molecular flexibility index (Phi) is 3.87. The Morgan fingerprint density at radius 3 is 2.32 bits per heavy atom. The second-order valence-electron chi connectivity index (χ2n) is 5.68. The zero-order valence-electron chi connectivity index (χ0n) is 12.2. The molecule has 4 heteroatoms. The topological polar surface area (TPSA) is 46.2 Å². The van der Waals surface area contributed by atoms with Crippen molar-refractivity contribution in [1.29, 1.82) is 0 Å². The van der Waals surface area contributed by atoms with Gasteiger partial charge >= 0.3 is 0 Å². The van der Waals surface area contributed by atoms with Crippen LogP contribution in [0.25, 0.3) is 0 Å². The van der Waals surface area contributed by atoms with Gasteiger partial charge in [-0.3, -0.25) is 9.59 Å². The average molecular weight is 358 g/mol. The molecule has 112 valence electrons. The number of benzene rings is 2. The number of amides is 1. The minimum absolute atomic E-state index is 0.0150. The molecular weight excluding hydrogens is 342 g/mol. The molecule has 0 unspecified atom stereocenters. The van der Waals surface area contributed by atoms with Crippen molar-refractivity contribution >= 4 is 33.3 Å². The lowest BCUT2D eigenvalue weighted by atomic mass is 9.95. The molecule has 0 heterocycles. The molecule has 2 aromatic rings. The molecule has 0 aromatic heterocycles. The van der Waals surface area contributed by atoms with Crippen LogP contribution in [0.2, 0.25) is 0 Å². The number of anilines is 1. The molecule has 0 spiro atoms. The van der Waals surface area contributed by atoms with Crippen LogP contribution in [0.4, 0.5) is 5.69 Å². The van der Waals surface area contributed by atoms with Gasteiger partial charge in [0.25, 0.3) is 0 Å². The monoisotopic (exact) mass is 357 g/mol. The first-order valence-corrected chi connectivity index (χ1v) is 7.99. The Morgan fingerprint density at radius 1 is 1.09 bits per heavy atom. The van der Waals surface area contributed by atoms with E-state index in [1.807, 2.05) is 24.3 Å². The molecule has 1 saturated carbocycles. The highest BCUT2D eigenvalue weighted by Gasteiger charge is 2.51. The van der Waals surface area contributed by atoms with Crippen molar-refractivity contribution in [3.63, 3.8) is 0 Å². The summed E-state index contributed by atoms with van der Waals surface area (Å²) in [5.74, 6) is 0.0341. The predicted octanol–water partition coefficient (Wildman–Crippen LogP) is 4.32. The maximum absolute atomic E-state index is 12.6. The summed E-state index contributed by atoms with van der Waals surface area (Å²) in [6.45, 7) is 1.53. The van der Waals surface area contributed by atoms with E-state index in [9.17, 15) is 9.59 Å². The molecule has 0 atom stereocenters. The van der Waals surface area contributed by atoms with Crippen LogP contribution < -0.4 is 5.32 Å². The largest absolute Gasteiger partial charge is 0.325 e. The Labute approximate surface area is 137 Å². The molecule has 1 amide bonds. The second-order valence-corrected chi connectivity index (χ2v) is 6.60. The van der Waals surface area contributed by atoms with Gasteiger partial charge in [-0.15, -0.1) is 0 Å². The third-order valence-corrected chi connectivity index (χ3v) is 4.60. The minimum Gasteiger partial charge on any atom is -0.325 e.